The molecule has 7 heteroatoms. The minimum atomic E-state index is -0.832. The molecule has 0 aliphatic heterocycles. The van der Waals surface area contributed by atoms with Crippen molar-refractivity contribution in [3.8, 4) is 0 Å². The van der Waals surface area contributed by atoms with Gasteiger partial charge in [0.2, 0.25) is 0 Å². The van der Waals surface area contributed by atoms with E-state index >= 15 is 0 Å². The van der Waals surface area contributed by atoms with E-state index in [4.69, 9.17) is 5.11 Å². The number of carboxylic acids is 1. The summed E-state index contributed by atoms with van der Waals surface area (Å²) in [6.07, 6.45) is 0.547. The van der Waals surface area contributed by atoms with Crippen molar-refractivity contribution in [3.05, 3.63) is 27.6 Å². The maximum atomic E-state index is 11.7. The Kier molecular flexibility index (Phi) is 4.03. The number of H-pyrrole nitrogens is 1. The number of hydrogen-bond donors (Lipinski definition) is 2. The number of thiophene rings is 1. The van der Waals surface area contributed by atoms with Gasteiger partial charge in [0, 0.05) is 0 Å². The van der Waals surface area contributed by atoms with Crippen molar-refractivity contribution in [1.82, 2.24) is 9.97 Å². The van der Waals surface area contributed by atoms with Crippen LogP contribution in [0.25, 0.3) is 10.2 Å². The van der Waals surface area contributed by atoms with Crippen LogP contribution in [0.1, 0.15) is 19.2 Å². The number of nitrogens with one attached hydrogen (secondary N) is 1. The highest BCUT2D eigenvalue weighted by atomic mass is 32.2. The van der Waals surface area contributed by atoms with Crippen molar-refractivity contribution < 1.29 is 9.90 Å². The van der Waals surface area contributed by atoms with Gasteiger partial charge in [-0.3, -0.25) is 9.59 Å². The molecular formula is C11H12N2O3S2. The van der Waals surface area contributed by atoms with E-state index in [-0.39, 0.29) is 5.56 Å². The van der Waals surface area contributed by atoms with Crippen LogP contribution in [-0.4, -0.2) is 26.3 Å². The Balaban J connectivity index is 2.17. The lowest BCUT2D eigenvalue weighted by atomic mass is 10.3. The molecule has 1 unspecified atom stereocenters. The van der Waals surface area contributed by atoms with E-state index in [2.05, 4.69) is 9.97 Å². The summed E-state index contributed by atoms with van der Waals surface area (Å²) in [5.41, 5.74) is 0.511. The molecule has 1 atom stereocenters. The number of rotatable bonds is 5. The van der Waals surface area contributed by atoms with Gasteiger partial charge in [-0.1, -0.05) is 6.92 Å². The molecule has 2 aromatic rings. The Morgan fingerprint density at radius 1 is 1.67 bits per heavy atom. The van der Waals surface area contributed by atoms with E-state index in [1.807, 2.05) is 12.3 Å². The zero-order valence-corrected chi connectivity index (χ0v) is 11.3. The lowest BCUT2D eigenvalue weighted by molar-refractivity contribution is -0.136. The summed E-state index contributed by atoms with van der Waals surface area (Å²) in [6.45, 7) is 1.82. The normalized spacial score (nSPS) is 12.7. The van der Waals surface area contributed by atoms with E-state index in [0.717, 1.165) is 0 Å². The van der Waals surface area contributed by atoms with E-state index in [1.165, 1.54) is 23.1 Å². The second-order valence-corrected chi connectivity index (χ2v) is 5.80. The Labute approximate surface area is 111 Å². The van der Waals surface area contributed by atoms with Gasteiger partial charge in [0.1, 0.15) is 15.8 Å². The molecule has 2 N–H and O–H groups in total. The molecule has 0 spiro atoms. The van der Waals surface area contributed by atoms with Gasteiger partial charge < -0.3 is 10.1 Å². The molecule has 0 fully saturated rings. The smallest absolute Gasteiger partial charge is 0.316 e. The van der Waals surface area contributed by atoms with Gasteiger partial charge in [-0.15, -0.1) is 23.1 Å². The second-order valence-electron chi connectivity index (χ2n) is 3.69. The molecule has 0 saturated heterocycles. The first kappa shape index (κ1) is 13.1. The molecule has 2 heterocycles. The van der Waals surface area contributed by atoms with Crippen LogP contribution in [0.4, 0.5) is 0 Å². The summed E-state index contributed by atoms with van der Waals surface area (Å²) in [5, 5.41) is 10.3. The summed E-state index contributed by atoms with van der Waals surface area (Å²) < 4.78 is 0.606. The summed E-state index contributed by atoms with van der Waals surface area (Å²) in [6, 6.07) is 1.79. The van der Waals surface area contributed by atoms with Crippen molar-refractivity contribution >= 4 is 39.3 Å². The molecule has 0 radical (unpaired) electrons. The third-order valence-electron chi connectivity index (χ3n) is 2.43. The molecule has 2 aromatic heterocycles. The number of thioether (sulfide) groups is 1. The maximum Gasteiger partial charge on any atom is 0.316 e. The first-order valence-corrected chi connectivity index (χ1v) is 7.35. The Hall–Kier alpha value is -1.34. The summed E-state index contributed by atoms with van der Waals surface area (Å²) in [4.78, 5) is 29.6. The molecule has 96 valence electrons. The predicted molar refractivity (Wildman–Crippen MR) is 73.3 cm³/mol. The van der Waals surface area contributed by atoms with Gasteiger partial charge >= 0.3 is 5.97 Å². The molecule has 0 aliphatic rings. The standard InChI is InChI=1S/C11H12N2O3S2/c1-2-7(11(15)16)18-5-8-12-6-3-4-17-9(6)10(14)13-8/h3-4,7H,2,5H2,1H3,(H,15,16)(H,12,13,14). The fraction of sp³-hybridized carbons (Fsp3) is 0.364. The van der Waals surface area contributed by atoms with E-state index < -0.39 is 11.2 Å². The zero-order valence-electron chi connectivity index (χ0n) is 9.67. The molecule has 0 aromatic carbocycles. The Morgan fingerprint density at radius 2 is 2.44 bits per heavy atom. The lowest BCUT2D eigenvalue weighted by Gasteiger charge is -2.08. The second kappa shape index (κ2) is 5.53. The van der Waals surface area contributed by atoms with Crippen LogP contribution in [-0.2, 0) is 10.5 Å². The number of carbonyl (C=O) groups is 1. The molecule has 2 rings (SSSR count). The van der Waals surface area contributed by atoms with Gasteiger partial charge in [0.25, 0.3) is 5.56 Å². The highest BCUT2D eigenvalue weighted by molar-refractivity contribution is 7.99. The van der Waals surface area contributed by atoms with Crippen LogP contribution in [0.2, 0.25) is 0 Å². The first-order valence-electron chi connectivity index (χ1n) is 5.42. The topological polar surface area (TPSA) is 83.0 Å². The van der Waals surface area contributed by atoms with Gasteiger partial charge in [0.15, 0.2) is 0 Å². The molecule has 5 nitrogen and oxygen atoms in total. The molecule has 0 bridgehead atoms. The zero-order chi connectivity index (χ0) is 13.1. The van der Waals surface area contributed by atoms with Crippen LogP contribution < -0.4 is 5.56 Å². The lowest BCUT2D eigenvalue weighted by Crippen LogP contribution is -2.16. The number of carboxylic acid groups (broad SMARTS) is 1. The molecule has 18 heavy (non-hydrogen) atoms. The first-order chi connectivity index (χ1) is 8.61. The average molecular weight is 284 g/mol. The van der Waals surface area contributed by atoms with Crippen LogP contribution in [0.5, 0.6) is 0 Å². The maximum absolute atomic E-state index is 11.7. The van der Waals surface area contributed by atoms with Crippen LogP contribution >= 0.6 is 23.1 Å². The molecular weight excluding hydrogens is 272 g/mol. The quantitative estimate of drug-likeness (QED) is 0.878. The number of fused-ring (bicyclic) bond motifs is 1. The minimum absolute atomic E-state index is 0.158. The fourth-order valence-electron chi connectivity index (χ4n) is 1.53. The van der Waals surface area contributed by atoms with Gasteiger partial charge in [0.05, 0.1) is 11.3 Å². The highest BCUT2D eigenvalue weighted by Crippen LogP contribution is 2.20. The van der Waals surface area contributed by atoms with Crippen molar-refractivity contribution in [3.63, 3.8) is 0 Å². The molecule has 0 amide bonds. The van der Waals surface area contributed by atoms with Gasteiger partial charge in [-0.2, -0.15) is 0 Å². The number of aromatic amines is 1. The number of aromatic nitrogens is 2. The summed E-state index contributed by atoms with van der Waals surface area (Å²) >= 11 is 2.62. The molecule has 0 saturated carbocycles. The summed E-state index contributed by atoms with van der Waals surface area (Å²) in [7, 11) is 0. The van der Waals surface area contributed by atoms with E-state index in [1.54, 1.807) is 6.07 Å². The van der Waals surface area contributed by atoms with E-state index in [9.17, 15) is 9.59 Å². The van der Waals surface area contributed by atoms with Crippen molar-refractivity contribution in [2.45, 2.75) is 24.3 Å². The summed E-state index contributed by atoms with van der Waals surface area (Å²) in [5.74, 6) is 0.0864. The fourth-order valence-corrected chi connectivity index (χ4v) is 3.13. The SMILES string of the molecule is CCC(SCc1nc2ccsc2c(=O)[nH]1)C(=O)O. The van der Waals surface area contributed by atoms with E-state index in [0.29, 0.717) is 28.2 Å². The third-order valence-corrected chi connectivity index (χ3v) is 4.71. The third kappa shape index (κ3) is 2.73. The Bertz CT molecular complexity index is 620. The van der Waals surface area contributed by atoms with Crippen LogP contribution in [0.3, 0.4) is 0 Å². The monoisotopic (exact) mass is 284 g/mol. The minimum Gasteiger partial charge on any atom is -0.480 e. The number of aliphatic carboxylic acids is 1. The molecule has 0 aliphatic carbocycles. The van der Waals surface area contributed by atoms with Crippen LogP contribution in [0, 0.1) is 0 Å². The highest BCUT2D eigenvalue weighted by Gasteiger charge is 2.16. The average Bonchev–Trinajstić information content (AvgIpc) is 2.78. The van der Waals surface area contributed by atoms with Crippen molar-refractivity contribution in [1.29, 1.82) is 0 Å². The van der Waals surface area contributed by atoms with Crippen LogP contribution in [0.15, 0.2) is 16.2 Å². The van der Waals surface area contributed by atoms with Crippen molar-refractivity contribution in [2.24, 2.45) is 0 Å². The number of nitrogens with zero attached hydrogens (tertiary/aromatic N) is 1. The van der Waals surface area contributed by atoms with Crippen molar-refractivity contribution in [2.75, 3.05) is 0 Å². The number of hydrogen-bond acceptors (Lipinski definition) is 5. The van der Waals surface area contributed by atoms with Gasteiger partial charge in [-0.25, -0.2) is 4.98 Å². The predicted octanol–water partition coefficient (Wildman–Crippen LogP) is 2.08. The Morgan fingerprint density at radius 3 is 3.11 bits per heavy atom. The largest absolute Gasteiger partial charge is 0.480 e. The van der Waals surface area contributed by atoms with Gasteiger partial charge in [-0.05, 0) is 17.9 Å².